The summed E-state index contributed by atoms with van der Waals surface area (Å²) in [4.78, 5) is 37.0. The van der Waals surface area contributed by atoms with Gasteiger partial charge in [-0.15, -0.1) is 0 Å². The minimum atomic E-state index is -1.16. The lowest BCUT2D eigenvalue weighted by Crippen LogP contribution is -2.70. The number of amides is 1. The number of nitrogens with one attached hydrogen (secondary N) is 2. The van der Waals surface area contributed by atoms with E-state index >= 15 is 0 Å². The number of pyridine rings is 1. The maximum atomic E-state index is 13.6. The van der Waals surface area contributed by atoms with Crippen LogP contribution < -0.4 is 10.6 Å². The summed E-state index contributed by atoms with van der Waals surface area (Å²) in [5.74, 6) is 1.92. The zero-order valence-electron chi connectivity index (χ0n) is 19.5. The van der Waals surface area contributed by atoms with Gasteiger partial charge in [-0.3, -0.25) is 24.5 Å². The highest BCUT2D eigenvalue weighted by atomic mass is 16.3. The van der Waals surface area contributed by atoms with Gasteiger partial charge >= 0.3 is 0 Å². The molecule has 1 atom stereocenters. The van der Waals surface area contributed by atoms with Crippen molar-refractivity contribution in [1.29, 1.82) is 0 Å². The quantitative estimate of drug-likeness (QED) is 0.516. The molecule has 2 saturated heterocycles. The van der Waals surface area contributed by atoms with Crippen LogP contribution >= 0.6 is 0 Å². The number of carbonyl (C=O) groups is 1. The molecule has 0 spiro atoms. The van der Waals surface area contributed by atoms with Gasteiger partial charge in [-0.1, -0.05) is 18.2 Å². The maximum Gasteiger partial charge on any atom is 0.258 e. The molecule has 9 nitrogen and oxygen atoms in total. The molecule has 4 rings (SSSR count). The van der Waals surface area contributed by atoms with Crippen LogP contribution in [0.4, 0.5) is 5.69 Å². The SMILES string of the molecule is CCNc1cccnc1C1(N2CCNCC2)C(=C=O)N(C(=O)c2ccccc2)CCN1CCO. The minimum absolute atomic E-state index is 0.0873. The van der Waals surface area contributed by atoms with E-state index in [1.54, 1.807) is 23.2 Å². The van der Waals surface area contributed by atoms with Crippen LogP contribution in [0.3, 0.4) is 0 Å². The second kappa shape index (κ2) is 10.9. The average molecular weight is 465 g/mol. The van der Waals surface area contributed by atoms with E-state index in [9.17, 15) is 14.7 Å². The van der Waals surface area contributed by atoms with E-state index < -0.39 is 5.66 Å². The maximum absolute atomic E-state index is 13.6. The molecule has 2 aliphatic heterocycles. The molecule has 0 saturated carbocycles. The summed E-state index contributed by atoms with van der Waals surface area (Å²) in [7, 11) is 0. The van der Waals surface area contributed by atoms with Crippen LogP contribution in [0.5, 0.6) is 0 Å². The minimum Gasteiger partial charge on any atom is -0.395 e. The molecule has 3 N–H and O–H groups in total. The lowest BCUT2D eigenvalue weighted by molar-refractivity contribution is -0.0859. The second-order valence-corrected chi connectivity index (χ2v) is 8.32. The van der Waals surface area contributed by atoms with Gasteiger partial charge in [0.05, 0.1) is 12.3 Å². The second-order valence-electron chi connectivity index (χ2n) is 8.32. The number of benzene rings is 1. The number of hydrogen-bond donors (Lipinski definition) is 3. The van der Waals surface area contributed by atoms with E-state index in [0.717, 1.165) is 18.8 Å². The van der Waals surface area contributed by atoms with Crippen molar-refractivity contribution in [2.24, 2.45) is 0 Å². The first-order valence-electron chi connectivity index (χ1n) is 11.8. The van der Waals surface area contributed by atoms with Crippen LogP contribution in [-0.2, 0) is 10.5 Å². The molecule has 1 aromatic heterocycles. The number of nitrogens with zero attached hydrogens (tertiary/aromatic N) is 4. The van der Waals surface area contributed by atoms with Crippen LogP contribution in [0, 0.1) is 0 Å². The number of aromatic nitrogens is 1. The lowest BCUT2D eigenvalue weighted by Gasteiger charge is -2.56. The number of carbonyl (C=O) groups excluding carboxylic acids is 2. The highest BCUT2D eigenvalue weighted by molar-refractivity contribution is 5.96. The molecule has 180 valence electrons. The van der Waals surface area contributed by atoms with Gasteiger partial charge in [0.2, 0.25) is 0 Å². The summed E-state index contributed by atoms with van der Waals surface area (Å²) in [6.45, 7) is 6.44. The Morgan fingerprint density at radius 1 is 1.15 bits per heavy atom. The Kier molecular flexibility index (Phi) is 7.72. The number of piperazine rings is 2. The Morgan fingerprint density at radius 2 is 1.91 bits per heavy atom. The van der Waals surface area contributed by atoms with E-state index in [2.05, 4.69) is 26.4 Å². The van der Waals surface area contributed by atoms with E-state index in [1.807, 2.05) is 37.3 Å². The molecule has 9 heteroatoms. The molecule has 0 bridgehead atoms. The van der Waals surface area contributed by atoms with E-state index in [1.165, 1.54) is 0 Å². The molecular formula is C25H32N6O3. The molecule has 1 aromatic carbocycles. The zero-order valence-corrected chi connectivity index (χ0v) is 19.5. The first-order chi connectivity index (χ1) is 16.7. The fourth-order valence-corrected chi connectivity index (χ4v) is 5.06. The Bertz CT molecular complexity index is 1030. The molecule has 2 fully saturated rings. The molecular weight excluding hydrogens is 432 g/mol. The van der Waals surface area contributed by atoms with E-state index in [-0.39, 0.29) is 18.2 Å². The van der Waals surface area contributed by atoms with Gasteiger partial charge in [-0.2, -0.15) is 0 Å². The first kappa shape index (κ1) is 24.1. The normalized spacial score (nSPS) is 21.8. The molecule has 0 radical (unpaired) electrons. The highest BCUT2D eigenvalue weighted by Gasteiger charge is 2.56. The molecule has 1 amide bonds. The summed E-state index contributed by atoms with van der Waals surface area (Å²) >= 11 is 0. The van der Waals surface area contributed by atoms with Crippen molar-refractivity contribution in [3.05, 3.63) is 65.6 Å². The lowest BCUT2D eigenvalue weighted by atomic mass is 9.90. The van der Waals surface area contributed by atoms with Crippen molar-refractivity contribution in [3.63, 3.8) is 0 Å². The van der Waals surface area contributed by atoms with Gasteiger partial charge in [0.15, 0.2) is 5.66 Å². The number of β-amino-alcohol motifs (C(OH)–C–C–N with tert-alkyl or cyclic N) is 1. The summed E-state index contributed by atoms with van der Waals surface area (Å²) in [6, 6.07) is 12.8. The summed E-state index contributed by atoms with van der Waals surface area (Å²) in [5, 5.41) is 16.7. The first-order valence-corrected chi connectivity index (χ1v) is 11.8. The van der Waals surface area contributed by atoms with E-state index in [4.69, 9.17) is 4.98 Å². The molecule has 0 aliphatic carbocycles. The van der Waals surface area contributed by atoms with Crippen molar-refractivity contribution in [1.82, 2.24) is 25.0 Å². The molecule has 2 aromatic rings. The van der Waals surface area contributed by atoms with Crippen molar-refractivity contribution < 1.29 is 14.7 Å². The van der Waals surface area contributed by atoms with Gasteiger partial charge in [0.1, 0.15) is 17.3 Å². The summed E-state index contributed by atoms with van der Waals surface area (Å²) < 4.78 is 0. The molecule has 2 aliphatic rings. The topological polar surface area (TPSA) is 101 Å². The average Bonchev–Trinajstić information content (AvgIpc) is 2.90. The number of rotatable bonds is 7. The smallest absolute Gasteiger partial charge is 0.258 e. The zero-order chi connectivity index (χ0) is 24.0. The fraction of sp³-hybridized carbons (Fsp3) is 0.440. The number of anilines is 1. The third-order valence-electron chi connectivity index (χ3n) is 6.46. The van der Waals surface area contributed by atoms with Gasteiger partial charge < -0.3 is 15.7 Å². The van der Waals surface area contributed by atoms with Crippen LogP contribution in [0.1, 0.15) is 23.0 Å². The Morgan fingerprint density at radius 3 is 2.59 bits per heavy atom. The van der Waals surface area contributed by atoms with Crippen LogP contribution in [-0.4, -0.2) is 95.6 Å². The number of aliphatic hydroxyl groups excluding tert-OH is 1. The molecule has 3 heterocycles. The third kappa shape index (κ3) is 4.24. The van der Waals surface area contributed by atoms with Gasteiger partial charge in [0, 0.05) is 64.1 Å². The third-order valence-corrected chi connectivity index (χ3v) is 6.46. The monoisotopic (exact) mass is 464 g/mol. The van der Waals surface area contributed by atoms with E-state index in [0.29, 0.717) is 50.5 Å². The van der Waals surface area contributed by atoms with Crippen molar-refractivity contribution in [2.45, 2.75) is 12.6 Å². The Labute approximate surface area is 200 Å². The van der Waals surface area contributed by atoms with Crippen molar-refractivity contribution in [2.75, 3.05) is 64.3 Å². The predicted molar refractivity (Wildman–Crippen MR) is 130 cm³/mol. The van der Waals surface area contributed by atoms with Gasteiger partial charge in [-0.25, -0.2) is 4.79 Å². The fourth-order valence-electron chi connectivity index (χ4n) is 5.06. The van der Waals surface area contributed by atoms with Gasteiger partial charge in [0.25, 0.3) is 5.91 Å². The Balaban J connectivity index is 1.94. The van der Waals surface area contributed by atoms with Crippen molar-refractivity contribution >= 4 is 17.5 Å². The van der Waals surface area contributed by atoms with Crippen LogP contribution in [0.25, 0.3) is 0 Å². The molecule has 1 unspecified atom stereocenters. The highest BCUT2D eigenvalue weighted by Crippen LogP contribution is 2.44. The predicted octanol–water partition coefficient (Wildman–Crippen LogP) is 0.737. The number of hydrogen-bond acceptors (Lipinski definition) is 8. The Hall–Kier alpha value is -3.07. The van der Waals surface area contributed by atoms with Crippen LogP contribution in [0.2, 0.25) is 0 Å². The van der Waals surface area contributed by atoms with Gasteiger partial charge in [-0.05, 0) is 31.2 Å². The number of aliphatic hydroxyl groups is 1. The summed E-state index contributed by atoms with van der Waals surface area (Å²) in [5.41, 5.74) is 0.978. The van der Waals surface area contributed by atoms with Crippen molar-refractivity contribution in [3.8, 4) is 0 Å². The van der Waals surface area contributed by atoms with Crippen LogP contribution in [0.15, 0.2) is 54.4 Å². The standard InChI is InChI=1S/C25H32N6O3/c1-2-27-21-9-6-10-28-23(21)25(29-13-11-26-12-14-29)22(19-33)31(16-15-30(25)17-18-32)24(34)20-7-4-3-5-8-20/h3-10,26-27,32H,2,11-18H2,1H3. The molecule has 34 heavy (non-hydrogen) atoms. The largest absolute Gasteiger partial charge is 0.395 e. The summed E-state index contributed by atoms with van der Waals surface area (Å²) in [6.07, 6.45) is 1.71.